The second kappa shape index (κ2) is 8.66. The van der Waals surface area contributed by atoms with Gasteiger partial charge in [0.1, 0.15) is 11.9 Å². The topological polar surface area (TPSA) is 54.5 Å². The maximum absolute atomic E-state index is 12.2. The molecule has 1 N–H and O–H groups in total. The first-order chi connectivity index (χ1) is 11.2. The van der Waals surface area contributed by atoms with Gasteiger partial charge in [-0.25, -0.2) is 0 Å². The first kappa shape index (κ1) is 18.2. The quantitative estimate of drug-likeness (QED) is 0.922. The highest BCUT2D eigenvalue weighted by Crippen LogP contribution is 2.22. The zero-order valence-corrected chi connectivity index (χ0v) is 14.5. The third-order valence-electron chi connectivity index (χ3n) is 4.00. The number of halogens is 1. The molecule has 0 aliphatic carbocycles. The average molecular weight is 348 g/mol. The Morgan fingerprint density at radius 1 is 1.21 bits per heavy atom. The number of carbonyl (C=O) groups excluding carboxylic acids is 1. The molecule has 1 aromatic heterocycles. The zero-order chi connectivity index (χ0) is 16.1. The summed E-state index contributed by atoms with van der Waals surface area (Å²) in [4.78, 5) is 18.4. The summed E-state index contributed by atoms with van der Waals surface area (Å²) in [5, 5.41) is 2.89. The van der Waals surface area contributed by atoms with E-state index in [1.165, 1.54) is 0 Å². The molecule has 1 aromatic carbocycles. The summed E-state index contributed by atoms with van der Waals surface area (Å²) < 4.78 is 6.04. The molecule has 0 radical (unpaired) electrons. The number of nitrogens with zero attached hydrogens (tertiary/aromatic N) is 2. The maximum atomic E-state index is 12.2. The van der Waals surface area contributed by atoms with Crippen LogP contribution in [0, 0.1) is 0 Å². The lowest BCUT2D eigenvalue weighted by molar-refractivity contribution is 0.102. The second-order valence-electron chi connectivity index (χ2n) is 5.84. The van der Waals surface area contributed by atoms with Gasteiger partial charge < -0.3 is 15.0 Å². The highest BCUT2D eigenvalue weighted by atomic mass is 35.5. The van der Waals surface area contributed by atoms with E-state index in [0.717, 1.165) is 37.4 Å². The van der Waals surface area contributed by atoms with Gasteiger partial charge in [-0.15, -0.1) is 12.4 Å². The Labute approximate surface area is 148 Å². The molecule has 0 spiro atoms. The molecular formula is C18H22ClN3O2. The number of aromatic nitrogens is 1. The molecule has 1 saturated heterocycles. The van der Waals surface area contributed by atoms with Crippen LogP contribution in [0.25, 0.3) is 0 Å². The number of hydrogen-bond donors (Lipinski definition) is 1. The first-order valence-electron chi connectivity index (χ1n) is 7.87. The summed E-state index contributed by atoms with van der Waals surface area (Å²) >= 11 is 0. The lowest BCUT2D eigenvalue weighted by atomic mass is 10.1. The predicted octanol–water partition coefficient (Wildman–Crippen LogP) is 3.23. The van der Waals surface area contributed by atoms with Gasteiger partial charge in [0.25, 0.3) is 5.91 Å². The van der Waals surface area contributed by atoms with Crippen molar-refractivity contribution >= 4 is 24.0 Å². The molecule has 6 heteroatoms. The fraction of sp³-hybridized carbons (Fsp3) is 0.333. The minimum absolute atomic E-state index is 0. The molecule has 128 valence electrons. The van der Waals surface area contributed by atoms with E-state index >= 15 is 0 Å². The number of rotatable bonds is 4. The largest absolute Gasteiger partial charge is 0.490 e. The molecule has 1 amide bonds. The minimum atomic E-state index is -0.149. The number of nitrogens with one attached hydrogen (secondary N) is 1. The van der Waals surface area contributed by atoms with Crippen LogP contribution >= 0.6 is 12.4 Å². The summed E-state index contributed by atoms with van der Waals surface area (Å²) in [5.41, 5.74) is 1.32. The zero-order valence-electron chi connectivity index (χ0n) is 13.6. The summed E-state index contributed by atoms with van der Waals surface area (Å²) in [7, 11) is 2.13. The third-order valence-corrected chi connectivity index (χ3v) is 4.00. The Balaban J connectivity index is 0.00000208. The van der Waals surface area contributed by atoms with Gasteiger partial charge in [0.2, 0.25) is 0 Å². The Bertz CT molecular complexity index is 658. The summed E-state index contributed by atoms with van der Waals surface area (Å²) in [5.74, 6) is 0.649. The van der Waals surface area contributed by atoms with Crippen LogP contribution in [-0.2, 0) is 0 Å². The Morgan fingerprint density at radius 3 is 2.62 bits per heavy atom. The van der Waals surface area contributed by atoms with E-state index in [1.807, 2.05) is 24.3 Å². The van der Waals surface area contributed by atoms with Gasteiger partial charge in [0.05, 0.1) is 0 Å². The fourth-order valence-corrected chi connectivity index (χ4v) is 2.65. The highest BCUT2D eigenvalue weighted by molar-refractivity contribution is 6.04. The van der Waals surface area contributed by atoms with Crippen LogP contribution in [-0.4, -0.2) is 42.0 Å². The molecule has 0 atom stereocenters. The number of amides is 1. The normalized spacial score (nSPS) is 15.4. The molecule has 3 rings (SSSR count). The number of ether oxygens (including phenoxy) is 1. The number of pyridine rings is 1. The molecule has 1 fully saturated rings. The molecule has 24 heavy (non-hydrogen) atoms. The van der Waals surface area contributed by atoms with Crippen LogP contribution in [0.3, 0.4) is 0 Å². The minimum Gasteiger partial charge on any atom is -0.490 e. The van der Waals surface area contributed by atoms with E-state index in [9.17, 15) is 4.79 Å². The SMILES string of the molecule is CN1CCC(Oc2cccc(NC(=O)c3ccncc3)c2)CC1.Cl. The van der Waals surface area contributed by atoms with E-state index < -0.39 is 0 Å². The lowest BCUT2D eigenvalue weighted by Crippen LogP contribution is -2.35. The number of benzene rings is 1. The number of hydrogen-bond acceptors (Lipinski definition) is 4. The van der Waals surface area contributed by atoms with E-state index in [4.69, 9.17) is 4.74 Å². The Hall–Kier alpha value is -2.11. The first-order valence-corrected chi connectivity index (χ1v) is 7.87. The maximum Gasteiger partial charge on any atom is 0.255 e. The molecule has 2 heterocycles. The molecule has 0 unspecified atom stereocenters. The lowest BCUT2D eigenvalue weighted by Gasteiger charge is -2.29. The number of carbonyl (C=O) groups is 1. The van der Waals surface area contributed by atoms with Crippen molar-refractivity contribution in [2.45, 2.75) is 18.9 Å². The molecule has 2 aromatic rings. The van der Waals surface area contributed by atoms with Gasteiger partial charge >= 0.3 is 0 Å². The molecule has 1 aliphatic heterocycles. The summed E-state index contributed by atoms with van der Waals surface area (Å²) in [6, 6.07) is 10.9. The van der Waals surface area contributed by atoms with Gasteiger partial charge in [-0.3, -0.25) is 9.78 Å². The van der Waals surface area contributed by atoms with E-state index in [-0.39, 0.29) is 24.4 Å². The van der Waals surface area contributed by atoms with Crippen molar-refractivity contribution in [1.82, 2.24) is 9.88 Å². The van der Waals surface area contributed by atoms with Gasteiger partial charge in [0, 0.05) is 42.8 Å². The van der Waals surface area contributed by atoms with Crippen molar-refractivity contribution < 1.29 is 9.53 Å². The van der Waals surface area contributed by atoms with Crippen LogP contribution < -0.4 is 10.1 Å². The molecule has 1 aliphatic rings. The van der Waals surface area contributed by atoms with Crippen molar-refractivity contribution in [3.8, 4) is 5.75 Å². The summed E-state index contributed by atoms with van der Waals surface area (Å²) in [6.45, 7) is 2.12. The Kier molecular flexibility index (Phi) is 6.58. The van der Waals surface area contributed by atoms with Crippen molar-refractivity contribution in [2.75, 3.05) is 25.5 Å². The Morgan fingerprint density at radius 2 is 1.92 bits per heavy atom. The molecule has 5 nitrogen and oxygen atoms in total. The fourth-order valence-electron chi connectivity index (χ4n) is 2.65. The molecule has 0 bridgehead atoms. The van der Waals surface area contributed by atoms with Crippen molar-refractivity contribution in [2.24, 2.45) is 0 Å². The molecular weight excluding hydrogens is 326 g/mol. The van der Waals surface area contributed by atoms with E-state index in [2.05, 4.69) is 22.2 Å². The monoisotopic (exact) mass is 347 g/mol. The standard InChI is InChI=1S/C18H21N3O2.ClH/c1-21-11-7-16(8-12-21)23-17-4-2-3-15(13-17)20-18(22)14-5-9-19-10-6-14;/h2-6,9-10,13,16H,7-8,11-12H2,1H3,(H,20,22);1H. The number of likely N-dealkylation sites (tertiary alicyclic amines) is 1. The van der Waals surface area contributed by atoms with Gasteiger partial charge in [-0.05, 0) is 44.2 Å². The van der Waals surface area contributed by atoms with Crippen LogP contribution in [0.2, 0.25) is 0 Å². The smallest absolute Gasteiger partial charge is 0.255 e. The van der Waals surface area contributed by atoms with Crippen LogP contribution in [0.4, 0.5) is 5.69 Å². The van der Waals surface area contributed by atoms with Gasteiger partial charge in [-0.2, -0.15) is 0 Å². The van der Waals surface area contributed by atoms with Gasteiger partial charge in [-0.1, -0.05) is 6.07 Å². The van der Waals surface area contributed by atoms with Crippen molar-refractivity contribution in [3.05, 3.63) is 54.4 Å². The van der Waals surface area contributed by atoms with Crippen LogP contribution in [0.15, 0.2) is 48.8 Å². The van der Waals surface area contributed by atoms with Crippen LogP contribution in [0.5, 0.6) is 5.75 Å². The highest BCUT2D eigenvalue weighted by Gasteiger charge is 2.18. The number of anilines is 1. The second-order valence-corrected chi connectivity index (χ2v) is 5.84. The molecule has 0 saturated carbocycles. The number of piperidine rings is 1. The van der Waals surface area contributed by atoms with Crippen molar-refractivity contribution in [1.29, 1.82) is 0 Å². The van der Waals surface area contributed by atoms with E-state index in [0.29, 0.717) is 5.56 Å². The average Bonchev–Trinajstić information content (AvgIpc) is 2.58. The van der Waals surface area contributed by atoms with E-state index in [1.54, 1.807) is 24.5 Å². The summed E-state index contributed by atoms with van der Waals surface area (Å²) in [6.07, 6.45) is 5.52. The van der Waals surface area contributed by atoms with Gasteiger partial charge in [0.15, 0.2) is 0 Å². The third kappa shape index (κ3) is 4.94. The predicted molar refractivity (Wildman–Crippen MR) is 97.0 cm³/mol. The van der Waals surface area contributed by atoms with Crippen LogP contribution in [0.1, 0.15) is 23.2 Å². The van der Waals surface area contributed by atoms with Crippen molar-refractivity contribution in [3.63, 3.8) is 0 Å².